The third-order valence-corrected chi connectivity index (χ3v) is 4.62. The molecule has 0 amide bonds. The molecule has 2 aromatic rings. The normalized spacial score (nSPS) is 11.0. The van der Waals surface area contributed by atoms with E-state index in [-0.39, 0.29) is 16.3 Å². The standard InChI is InChI=1S/C13H11BrN2O5S/c1-21-12-6-5-11(16(17)18)8-13(12)22(19,20)15-10-4-2-3-9(14)7-10/h2-8,15H,1H3. The summed E-state index contributed by atoms with van der Waals surface area (Å²) in [6.45, 7) is 0. The van der Waals surface area contributed by atoms with Gasteiger partial charge >= 0.3 is 0 Å². The van der Waals surface area contributed by atoms with Gasteiger partial charge in [0.05, 0.1) is 12.0 Å². The third kappa shape index (κ3) is 3.55. The van der Waals surface area contributed by atoms with E-state index in [4.69, 9.17) is 4.74 Å². The summed E-state index contributed by atoms with van der Waals surface area (Å²) in [5.74, 6) is 0.0214. The second kappa shape index (κ2) is 6.32. The highest BCUT2D eigenvalue weighted by molar-refractivity contribution is 9.10. The van der Waals surface area contributed by atoms with Crippen LogP contribution in [0.4, 0.5) is 11.4 Å². The fraction of sp³-hybridized carbons (Fsp3) is 0.0769. The van der Waals surface area contributed by atoms with Crippen LogP contribution in [0.25, 0.3) is 0 Å². The van der Waals surface area contributed by atoms with Crippen molar-refractivity contribution in [2.75, 3.05) is 11.8 Å². The molecule has 7 nitrogen and oxygen atoms in total. The van der Waals surface area contributed by atoms with Crippen LogP contribution in [0.15, 0.2) is 51.8 Å². The maximum Gasteiger partial charge on any atom is 0.271 e. The van der Waals surface area contributed by atoms with Crippen LogP contribution >= 0.6 is 15.9 Å². The Bertz CT molecular complexity index is 823. The molecule has 0 radical (unpaired) electrons. The zero-order valence-electron chi connectivity index (χ0n) is 11.3. The van der Waals surface area contributed by atoms with Crippen molar-refractivity contribution >= 4 is 37.3 Å². The van der Waals surface area contributed by atoms with Crippen LogP contribution in [0.1, 0.15) is 0 Å². The number of nitro groups is 1. The number of anilines is 1. The molecule has 2 rings (SSSR count). The molecule has 2 aromatic carbocycles. The van der Waals surface area contributed by atoms with E-state index in [1.807, 2.05) is 0 Å². The predicted octanol–water partition coefficient (Wildman–Crippen LogP) is 3.17. The SMILES string of the molecule is COc1ccc([N+](=O)[O-])cc1S(=O)(=O)Nc1cccc(Br)c1. The first kappa shape index (κ1) is 16.2. The number of methoxy groups -OCH3 is 1. The van der Waals surface area contributed by atoms with Crippen molar-refractivity contribution in [1.82, 2.24) is 0 Å². The summed E-state index contributed by atoms with van der Waals surface area (Å²) in [6.07, 6.45) is 0. The average molecular weight is 387 g/mol. The van der Waals surface area contributed by atoms with E-state index in [1.54, 1.807) is 24.3 Å². The van der Waals surface area contributed by atoms with Gasteiger partial charge in [0.15, 0.2) is 0 Å². The lowest BCUT2D eigenvalue weighted by Gasteiger charge is -2.11. The van der Waals surface area contributed by atoms with Gasteiger partial charge in [-0.25, -0.2) is 8.42 Å². The summed E-state index contributed by atoms with van der Waals surface area (Å²) in [7, 11) is -2.74. The second-order valence-electron chi connectivity index (χ2n) is 4.21. The first-order valence-electron chi connectivity index (χ1n) is 5.94. The molecule has 0 heterocycles. The van der Waals surface area contributed by atoms with Gasteiger partial charge in [0.1, 0.15) is 10.6 Å². The van der Waals surface area contributed by atoms with Crippen LogP contribution < -0.4 is 9.46 Å². The summed E-state index contributed by atoms with van der Waals surface area (Å²) in [5, 5.41) is 10.8. The van der Waals surface area contributed by atoms with Gasteiger partial charge in [-0.15, -0.1) is 0 Å². The first-order valence-corrected chi connectivity index (χ1v) is 8.22. The van der Waals surface area contributed by atoms with Crippen LogP contribution in [0.5, 0.6) is 5.75 Å². The largest absolute Gasteiger partial charge is 0.495 e. The van der Waals surface area contributed by atoms with E-state index in [0.29, 0.717) is 10.2 Å². The van der Waals surface area contributed by atoms with Crippen molar-refractivity contribution < 1.29 is 18.1 Å². The number of nitro benzene ring substituents is 1. The summed E-state index contributed by atoms with van der Waals surface area (Å²) >= 11 is 3.24. The van der Waals surface area contributed by atoms with E-state index >= 15 is 0 Å². The Hall–Kier alpha value is -2.13. The summed E-state index contributed by atoms with van der Waals surface area (Å²) in [6, 6.07) is 9.91. The highest BCUT2D eigenvalue weighted by atomic mass is 79.9. The van der Waals surface area contributed by atoms with Crippen molar-refractivity contribution in [1.29, 1.82) is 0 Å². The monoisotopic (exact) mass is 386 g/mol. The Morgan fingerprint density at radius 2 is 1.95 bits per heavy atom. The van der Waals surface area contributed by atoms with Gasteiger partial charge < -0.3 is 4.74 Å². The number of halogens is 1. The number of non-ortho nitro benzene ring substituents is 1. The van der Waals surface area contributed by atoms with E-state index in [2.05, 4.69) is 20.7 Å². The van der Waals surface area contributed by atoms with Gasteiger partial charge in [0, 0.05) is 22.3 Å². The lowest BCUT2D eigenvalue weighted by atomic mass is 10.3. The van der Waals surface area contributed by atoms with E-state index in [0.717, 1.165) is 6.07 Å². The quantitative estimate of drug-likeness (QED) is 0.628. The third-order valence-electron chi connectivity index (χ3n) is 2.72. The van der Waals surface area contributed by atoms with E-state index in [9.17, 15) is 18.5 Å². The molecule has 9 heteroatoms. The minimum absolute atomic E-state index is 0.0214. The molecule has 0 spiro atoms. The molecular weight excluding hydrogens is 376 g/mol. The Labute approximate surface area is 135 Å². The second-order valence-corrected chi connectivity index (χ2v) is 6.77. The number of ether oxygens (including phenoxy) is 1. The van der Waals surface area contributed by atoms with Gasteiger partial charge in [-0.3, -0.25) is 14.8 Å². The molecule has 0 aromatic heterocycles. The van der Waals surface area contributed by atoms with Crippen LogP contribution in [0.3, 0.4) is 0 Å². The number of hydrogen-bond donors (Lipinski definition) is 1. The first-order chi connectivity index (χ1) is 10.3. The molecule has 22 heavy (non-hydrogen) atoms. The fourth-order valence-electron chi connectivity index (χ4n) is 1.75. The molecule has 0 unspecified atom stereocenters. The maximum absolute atomic E-state index is 12.4. The summed E-state index contributed by atoms with van der Waals surface area (Å²) < 4.78 is 32.9. The maximum atomic E-state index is 12.4. The zero-order chi connectivity index (χ0) is 16.3. The number of rotatable bonds is 5. The fourth-order valence-corrected chi connectivity index (χ4v) is 3.39. The lowest BCUT2D eigenvalue weighted by molar-refractivity contribution is -0.385. The molecule has 0 aliphatic heterocycles. The van der Waals surface area contributed by atoms with Gasteiger partial charge in [0.2, 0.25) is 0 Å². The topological polar surface area (TPSA) is 98.5 Å². The van der Waals surface area contributed by atoms with Crippen molar-refractivity contribution in [2.45, 2.75) is 4.90 Å². The molecule has 0 fully saturated rings. The Morgan fingerprint density at radius 3 is 2.55 bits per heavy atom. The lowest BCUT2D eigenvalue weighted by Crippen LogP contribution is -2.14. The molecular formula is C13H11BrN2O5S. The highest BCUT2D eigenvalue weighted by Gasteiger charge is 2.23. The number of benzene rings is 2. The Morgan fingerprint density at radius 1 is 1.23 bits per heavy atom. The zero-order valence-corrected chi connectivity index (χ0v) is 13.7. The summed E-state index contributed by atoms with van der Waals surface area (Å²) in [4.78, 5) is 9.86. The number of nitrogens with one attached hydrogen (secondary N) is 1. The van der Waals surface area contributed by atoms with Gasteiger partial charge in [-0.05, 0) is 24.3 Å². The van der Waals surface area contributed by atoms with E-state index < -0.39 is 14.9 Å². The number of sulfonamides is 1. The molecule has 0 aliphatic carbocycles. The van der Waals surface area contributed by atoms with Crippen molar-refractivity contribution in [3.8, 4) is 5.75 Å². The molecule has 0 bridgehead atoms. The van der Waals surface area contributed by atoms with Crippen molar-refractivity contribution in [3.05, 3.63) is 57.1 Å². The molecule has 0 saturated heterocycles. The van der Waals surface area contributed by atoms with Crippen LogP contribution in [0, 0.1) is 10.1 Å². The molecule has 0 atom stereocenters. The van der Waals surface area contributed by atoms with Gasteiger partial charge in [-0.1, -0.05) is 22.0 Å². The number of hydrogen-bond acceptors (Lipinski definition) is 5. The molecule has 0 aliphatic rings. The van der Waals surface area contributed by atoms with Crippen molar-refractivity contribution in [3.63, 3.8) is 0 Å². The summed E-state index contributed by atoms with van der Waals surface area (Å²) in [5.41, 5.74) is -0.0154. The van der Waals surface area contributed by atoms with Gasteiger partial charge in [-0.2, -0.15) is 0 Å². The van der Waals surface area contributed by atoms with Crippen LogP contribution in [0.2, 0.25) is 0 Å². The van der Waals surface area contributed by atoms with Gasteiger partial charge in [0.25, 0.3) is 15.7 Å². The minimum atomic E-state index is -4.03. The van der Waals surface area contributed by atoms with Crippen LogP contribution in [-0.4, -0.2) is 20.5 Å². The minimum Gasteiger partial charge on any atom is -0.495 e. The highest BCUT2D eigenvalue weighted by Crippen LogP contribution is 2.30. The average Bonchev–Trinajstić information content (AvgIpc) is 2.46. The number of nitrogens with zero attached hydrogens (tertiary/aromatic N) is 1. The Kier molecular flexibility index (Phi) is 4.67. The smallest absolute Gasteiger partial charge is 0.271 e. The van der Waals surface area contributed by atoms with Crippen LogP contribution in [-0.2, 0) is 10.0 Å². The molecule has 0 saturated carbocycles. The van der Waals surface area contributed by atoms with Crippen molar-refractivity contribution in [2.24, 2.45) is 0 Å². The Balaban J connectivity index is 2.48. The predicted molar refractivity (Wildman–Crippen MR) is 84.6 cm³/mol. The molecule has 116 valence electrons. The molecule has 1 N–H and O–H groups in total. The van der Waals surface area contributed by atoms with E-state index in [1.165, 1.54) is 19.2 Å².